The highest BCUT2D eigenvalue weighted by Gasteiger charge is 2.22. The number of nitrogens with one attached hydrogen (secondary N) is 1. The van der Waals surface area contributed by atoms with E-state index in [0.717, 1.165) is 44.0 Å². The predicted octanol–water partition coefficient (Wildman–Crippen LogP) is 2.23. The van der Waals surface area contributed by atoms with Crippen LogP contribution in [0, 0.1) is 12.8 Å². The topological polar surface area (TPSA) is 50.8 Å². The molecule has 1 aromatic carbocycles. The zero-order valence-electron chi connectivity index (χ0n) is 14.4. The van der Waals surface area contributed by atoms with Crippen molar-refractivity contribution in [3.8, 4) is 11.5 Å². The van der Waals surface area contributed by atoms with E-state index in [1.807, 2.05) is 37.1 Å². The minimum Gasteiger partial charge on any atom is -0.493 e. The number of benzene rings is 1. The Morgan fingerprint density at radius 1 is 1.30 bits per heavy atom. The van der Waals surface area contributed by atoms with Gasteiger partial charge in [-0.15, -0.1) is 0 Å². The van der Waals surface area contributed by atoms with Crippen molar-refractivity contribution in [1.29, 1.82) is 0 Å². The number of ether oxygens (including phenoxy) is 2. The SMILES string of the molecule is CNCCC1CCN(C(=O)COc2ccc(C)cc2OC)CC1. The summed E-state index contributed by atoms with van der Waals surface area (Å²) in [6.45, 7) is 4.79. The van der Waals surface area contributed by atoms with Gasteiger partial charge in [0, 0.05) is 13.1 Å². The van der Waals surface area contributed by atoms with Crippen molar-refractivity contribution in [1.82, 2.24) is 10.2 Å². The molecule has 0 aromatic heterocycles. The summed E-state index contributed by atoms with van der Waals surface area (Å²) in [5, 5.41) is 3.19. The van der Waals surface area contributed by atoms with Gasteiger partial charge < -0.3 is 19.7 Å². The second-order valence-electron chi connectivity index (χ2n) is 6.16. The molecular formula is C18H28N2O3. The number of hydrogen-bond acceptors (Lipinski definition) is 4. The number of carbonyl (C=O) groups is 1. The Kier molecular flexibility index (Phi) is 6.71. The van der Waals surface area contributed by atoms with E-state index in [9.17, 15) is 4.79 Å². The molecule has 1 saturated heterocycles. The lowest BCUT2D eigenvalue weighted by atomic mass is 9.93. The zero-order valence-corrected chi connectivity index (χ0v) is 14.4. The number of amides is 1. The van der Waals surface area contributed by atoms with Gasteiger partial charge in [0.25, 0.3) is 5.91 Å². The largest absolute Gasteiger partial charge is 0.493 e. The normalized spacial score (nSPS) is 15.5. The molecule has 0 bridgehead atoms. The quantitative estimate of drug-likeness (QED) is 0.837. The molecule has 128 valence electrons. The number of aryl methyl sites for hydroxylation is 1. The summed E-state index contributed by atoms with van der Waals surface area (Å²) in [6.07, 6.45) is 3.36. The van der Waals surface area contributed by atoms with Crippen LogP contribution < -0.4 is 14.8 Å². The van der Waals surface area contributed by atoms with Crippen molar-refractivity contribution in [2.45, 2.75) is 26.2 Å². The smallest absolute Gasteiger partial charge is 0.260 e. The van der Waals surface area contributed by atoms with E-state index in [1.54, 1.807) is 7.11 Å². The Morgan fingerprint density at radius 2 is 2.04 bits per heavy atom. The van der Waals surface area contributed by atoms with Gasteiger partial charge in [0.2, 0.25) is 0 Å². The van der Waals surface area contributed by atoms with Crippen molar-refractivity contribution in [3.63, 3.8) is 0 Å². The average molecular weight is 320 g/mol. The number of carbonyl (C=O) groups excluding carboxylic acids is 1. The average Bonchev–Trinajstić information content (AvgIpc) is 2.58. The van der Waals surface area contributed by atoms with Gasteiger partial charge in [0.15, 0.2) is 18.1 Å². The minimum atomic E-state index is 0.0553. The first kappa shape index (κ1) is 17.6. The van der Waals surface area contributed by atoms with Gasteiger partial charge in [-0.1, -0.05) is 6.07 Å². The molecule has 1 amide bonds. The molecule has 1 heterocycles. The van der Waals surface area contributed by atoms with Crippen LogP contribution in [0.2, 0.25) is 0 Å². The molecule has 1 aliphatic heterocycles. The number of likely N-dealkylation sites (tertiary alicyclic amines) is 1. The molecule has 0 aliphatic carbocycles. The van der Waals surface area contributed by atoms with Gasteiger partial charge >= 0.3 is 0 Å². The van der Waals surface area contributed by atoms with Crippen LogP contribution in [0.5, 0.6) is 11.5 Å². The summed E-state index contributed by atoms with van der Waals surface area (Å²) in [5.74, 6) is 2.07. The van der Waals surface area contributed by atoms with Gasteiger partial charge in [-0.2, -0.15) is 0 Å². The predicted molar refractivity (Wildman–Crippen MR) is 91.1 cm³/mol. The van der Waals surface area contributed by atoms with E-state index < -0.39 is 0 Å². The molecule has 0 unspecified atom stereocenters. The maximum atomic E-state index is 12.3. The highest BCUT2D eigenvalue weighted by Crippen LogP contribution is 2.28. The van der Waals surface area contributed by atoms with E-state index in [-0.39, 0.29) is 12.5 Å². The van der Waals surface area contributed by atoms with E-state index in [4.69, 9.17) is 9.47 Å². The molecule has 1 fully saturated rings. The van der Waals surface area contributed by atoms with Crippen molar-refractivity contribution in [2.75, 3.05) is 40.4 Å². The Morgan fingerprint density at radius 3 is 2.70 bits per heavy atom. The van der Waals surface area contributed by atoms with Gasteiger partial charge in [0.05, 0.1) is 7.11 Å². The monoisotopic (exact) mass is 320 g/mol. The Labute approximate surface area is 139 Å². The summed E-state index contributed by atoms with van der Waals surface area (Å²) >= 11 is 0. The van der Waals surface area contributed by atoms with Crippen molar-refractivity contribution in [2.24, 2.45) is 5.92 Å². The van der Waals surface area contributed by atoms with Crippen LogP contribution in [0.25, 0.3) is 0 Å². The van der Waals surface area contributed by atoms with Crippen LogP contribution in [0.1, 0.15) is 24.8 Å². The van der Waals surface area contributed by atoms with Crippen LogP contribution in [0.15, 0.2) is 18.2 Å². The Hall–Kier alpha value is -1.75. The van der Waals surface area contributed by atoms with Gasteiger partial charge in [-0.25, -0.2) is 0 Å². The molecule has 5 nitrogen and oxygen atoms in total. The number of nitrogens with zero attached hydrogens (tertiary/aromatic N) is 1. The fourth-order valence-electron chi connectivity index (χ4n) is 2.94. The number of hydrogen-bond donors (Lipinski definition) is 1. The molecule has 0 spiro atoms. The first-order chi connectivity index (χ1) is 11.1. The molecular weight excluding hydrogens is 292 g/mol. The molecule has 1 N–H and O–H groups in total. The van der Waals surface area contributed by atoms with E-state index in [2.05, 4.69) is 5.32 Å². The zero-order chi connectivity index (χ0) is 16.7. The third-order valence-corrected chi connectivity index (χ3v) is 4.44. The molecule has 0 atom stereocenters. The third-order valence-electron chi connectivity index (χ3n) is 4.44. The molecule has 5 heteroatoms. The molecule has 0 radical (unpaired) electrons. The molecule has 1 aliphatic rings. The van der Waals surface area contributed by atoms with Crippen LogP contribution in [-0.2, 0) is 4.79 Å². The van der Waals surface area contributed by atoms with Crippen LogP contribution >= 0.6 is 0 Å². The van der Waals surface area contributed by atoms with Crippen LogP contribution in [0.4, 0.5) is 0 Å². The Balaban J connectivity index is 1.80. The first-order valence-corrected chi connectivity index (χ1v) is 8.34. The van der Waals surface area contributed by atoms with Crippen molar-refractivity contribution < 1.29 is 14.3 Å². The van der Waals surface area contributed by atoms with Gasteiger partial charge in [-0.3, -0.25) is 4.79 Å². The van der Waals surface area contributed by atoms with Crippen LogP contribution in [-0.4, -0.2) is 51.2 Å². The standard InChI is InChI=1S/C18H28N2O3/c1-14-4-5-16(17(12-14)22-3)23-13-18(21)20-10-7-15(8-11-20)6-9-19-2/h4-5,12,15,19H,6-11,13H2,1-3H3. The highest BCUT2D eigenvalue weighted by molar-refractivity contribution is 5.78. The summed E-state index contributed by atoms with van der Waals surface area (Å²) in [5.41, 5.74) is 1.10. The number of methoxy groups -OCH3 is 1. The summed E-state index contributed by atoms with van der Waals surface area (Å²) in [4.78, 5) is 14.2. The second kappa shape index (κ2) is 8.77. The summed E-state index contributed by atoms with van der Waals surface area (Å²) in [7, 11) is 3.59. The third kappa shape index (κ3) is 5.13. The van der Waals surface area contributed by atoms with E-state index in [0.29, 0.717) is 11.5 Å². The van der Waals surface area contributed by atoms with Gasteiger partial charge in [0.1, 0.15) is 0 Å². The first-order valence-electron chi connectivity index (χ1n) is 8.34. The minimum absolute atomic E-state index is 0.0553. The fraction of sp³-hybridized carbons (Fsp3) is 0.611. The fourth-order valence-corrected chi connectivity index (χ4v) is 2.94. The maximum absolute atomic E-state index is 12.3. The molecule has 1 aromatic rings. The highest BCUT2D eigenvalue weighted by atomic mass is 16.5. The van der Waals surface area contributed by atoms with E-state index >= 15 is 0 Å². The maximum Gasteiger partial charge on any atom is 0.260 e. The summed E-state index contributed by atoms with van der Waals surface area (Å²) in [6, 6.07) is 5.72. The molecule has 23 heavy (non-hydrogen) atoms. The molecule has 2 rings (SSSR count). The number of piperidine rings is 1. The van der Waals surface area contributed by atoms with E-state index in [1.165, 1.54) is 6.42 Å². The summed E-state index contributed by atoms with van der Waals surface area (Å²) < 4.78 is 11.0. The van der Waals surface area contributed by atoms with Gasteiger partial charge in [-0.05, 0) is 63.4 Å². The van der Waals surface area contributed by atoms with Crippen LogP contribution in [0.3, 0.4) is 0 Å². The number of rotatable bonds is 7. The Bertz CT molecular complexity index is 511. The lowest BCUT2D eigenvalue weighted by molar-refractivity contribution is -0.134. The van der Waals surface area contributed by atoms with Crippen molar-refractivity contribution >= 4 is 5.91 Å². The lowest BCUT2D eigenvalue weighted by Crippen LogP contribution is -2.41. The second-order valence-corrected chi connectivity index (χ2v) is 6.16. The van der Waals surface area contributed by atoms with Crippen molar-refractivity contribution in [3.05, 3.63) is 23.8 Å². The lowest BCUT2D eigenvalue weighted by Gasteiger charge is -2.32. The molecule has 0 saturated carbocycles.